The van der Waals surface area contributed by atoms with Crippen LogP contribution < -0.4 is 20.1 Å². The van der Waals surface area contributed by atoms with Crippen LogP contribution in [0.25, 0.3) is 10.9 Å². The van der Waals surface area contributed by atoms with Gasteiger partial charge in [0.2, 0.25) is 0 Å². The molecule has 9 heteroatoms. The number of nitrogens with zero attached hydrogens (tertiary/aromatic N) is 1. The van der Waals surface area contributed by atoms with Crippen LogP contribution in [0.3, 0.4) is 0 Å². The number of H-pyrrole nitrogens is 1. The van der Waals surface area contributed by atoms with Crippen LogP contribution in [0.15, 0.2) is 23.2 Å². The lowest BCUT2D eigenvalue weighted by Gasteiger charge is -2.12. The summed E-state index contributed by atoms with van der Waals surface area (Å²) in [5.74, 6) is 2.46. The number of hydrogen-bond acceptors (Lipinski definition) is 5. The Bertz CT molecular complexity index is 837. The van der Waals surface area contributed by atoms with Crippen molar-refractivity contribution in [2.75, 3.05) is 53.7 Å². The van der Waals surface area contributed by atoms with E-state index < -0.39 is 0 Å². The minimum absolute atomic E-state index is 0. The number of benzene rings is 1. The monoisotopic (exact) mass is 560 g/mol. The molecule has 3 rings (SSSR count). The summed E-state index contributed by atoms with van der Waals surface area (Å²) in [6.07, 6.45) is 4.09. The van der Waals surface area contributed by atoms with E-state index in [0.717, 1.165) is 93.5 Å². The number of rotatable bonds is 12. The van der Waals surface area contributed by atoms with Crippen molar-refractivity contribution in [2.45, 2.75) is 38.7 Å². The molecule has 3 N–H and O–H groups in total. The van der Waals surface area contributed by atoms with Crippen LogP contribution in [0, 0.1) is 0 Å². The quantitative estimate of drug-likeness (QED) is 0.160. The van der Waals surface area contributed by atoms with Gasteiger partial charge in [-0.3, -0.25) is 4.99 Å². The van der Waals surface area contributed by atoms with Gasteiger partial charge in [-0.05, 0) is 38.7 Å². The van der Waals surface area contributed by atoms with Crippen molar-refractivity contribution >= 4 is 40.8 Å². The average Bonchev–Trinajstić information content (AvgIpc) is 3.45. The second-order valence-corrected chi connectivity index (χ2v) is 7.59. The van der Waals surface area contributed by atoms with Crippen LogP contribution in [-0.2, 0) is 15.9 Å². The zero-order valence-corrected chi connectivity index (χ0v) is 21.7. The third-order valence-electron chi connectivity index (χ3n) is 5.26. The third kappa shape index (κ3) is 8.00. The van der Waals surface area contributed by atoms with E-state index >= 15 is 0 Å². The van der Waals surface area contributed by atoms with E-state index in [-0.39, 0.29) is 30.1 Å². The number of aromatic amines is 1. The molecule has 1 aromatic carbocycles. The predicted octanol–water partition coefficient (Wildman–Crippen LogP) is 3.49. The van der Waals surface area contributed by atoms with Gasteiger partial charge in [-0.1, -0.05) is 0 Å². The van der Waals surface area contributed by atoms with Crippen LogP contribution in [0.2, 0.25) is 0 Å². The fourth-order valence-electron chi connectivity index (χ4n) is 3.63. The lowest BCUT2D eigenvalue weighted by molar-refractivity contribution is 0.0420. The van der Waals surface area contributed by atoms with E-state index in [0.29, 0.717) is 0 Å². The minimum Gasteiger partial charge on any atom is -0.497 e. The Labute approximate surface area is 207 Å². The fourth-order valence-corrected chi connectivity index (χ4v) is 3.63. The number of hydrogen-bond donors (Lipinski definition) is 3. The molecule has 1 aromatic heterocycles. The third-order valence-corrected chi connectivity index (χ3v) is 5.26. The second kappa shape index (κ2) is 14.4. The van der Waals surface area contributed by atoms with E-state index in [1.165, 1.54) is 5.69 Å². The molecule has 1 aliphatic rings. The molecule has 1 saturated heterocycles. The van der Waals surface area contributed by atoms with Crippen molar-refractivity contribution < 1.29 is 18.9 Å². The molecule has 1 fully saturated rings. The summed E-state index contributed by atoms with van der Waals surface area (Å²) in [4.78, 5) is 8.16. The average molecular weight is 560 g/mol. The maximum Gasteiger partial charge on any atom is 0.191 e. The predicted molar refractivity (Wildman–Crippen MR) is 139 cm³/mol. The Balaban J connectivity index is 0.00000363. The van der Waals surface area contributed by atoms with Gasteiger partial charge in [-0.25, -0.2) is 0 Å². The maximum atomic E-state index is 5.80. The van der Waals surface area contributed by atoms with Gasteiger partial charge in [-0.2, -0.15) is 0 Å². The van der Waals surface area contributed by atoms with Gasteiger partial charge in [0.05, 0.1) is 32.4 Å². The van der Waals surface area contributed by atoms with E-state index in [2.05, 4.69) is 28.6 Å². The topological polar surface area (TPSA) is 89.1 Å². The molecule has 0 aliphatic carbocycles. The highest BCUT2D eigenvalue weighted by atomic mass is 127. The maximum absolute atomic E-state index is 5.80. The van der Waals surface area contributed by atoms with Crippen molar-refractivity contribution in [1.82, 2.24) is 15.6 Å². The molecule has 2 aromatic rings. The molecule has 0 amide bonds. The van der Waals surface area contributed by atoms with Crippen LogP contribution >= 0.6 is 24.0 Å². The molecule has 180 valence electrons. The smallest absolute Gasteiger partial charge is 0.191 e. The molecule has 1 unspecified atom stereocenters. The molecule has 0 spiro atoms. The van der Waals surface area contributed by atoms with Crippen molar-refractivity contribution in [3.8, 4) is 11.5 Å². The van der Waals surface area contributed by atoms with Gasteiger partial charge >= 0.3 is 0 Å². The highest BCUT2D eigenvalue weighted by Gasteiger charge is 2.15. The second-order valence-electron chi connectivity index (χ2n) is 7.59. The molecule has 1 aliphatic heterocycles. The summed E-state index contributed by atoms with van der Waals surface area (Å²) < 4.78 is 22.0. The van der Waals surface area contributed by atoms with Gasteiger partial charge in [0.1, 0.15) is 11.5 Å². The first-order valence-electron chi connectivity index (χ1n) is 11.2. The van der Waals surface area contributed by atoms with E-state index in [1.54, 1.807) is 14.2 Å². The normalized spacial score (nSPS) is 16.1. The highest BCUT2D eigenvalue weighted by Crippen LogP contribution is 2.31. The lowest BCUT2D eigenvalue weighted by Crippen LogP contribution is -2.38. The zero-order valence-electron chi connectivity index (χ0n) is 19.4. The van der Waals surface area contributed by atoms with Gasteiger partial charge in [-0.15, -0.1) is 24.0 Å². The summed E-state index contributed by atoms with van der Waals surface area (Å²) in [5, 5.41) is 7.76. The lowest BCUT2D eigenvalue weighted by atomic mass is 10.2. The van der Waals surface area contributed by atoms with Crippen molar-refractivity contribution in [3.63, 3.8) is 0 Å². The van der Waals surface area contributed by atoms with Crippen LogP contribution in [0.5, 0.6) is 11.5 Å². The Hall–Kier alpha value is -1.72. The number of ether oxygens (including phenoxy) is 4. The number of halogens is 1. The Morgan fingerprint density at radius 2 is 2.06 bits per heavy atom. The molecule has 1 atom stereocenters. The van der Waals surface area contributed by atoms with E-state index in [4.69, 9.17) is 23.9 Å². The number of nitrogens with one attached hydrogen (secondary N) is 3. The SMILES string of the molecule is CCNC(=NCCCc1cc2c(OC)cc(OC)cc2[nH]1)NCCCOC1CCOC1.I. The van der Waals surface area contributed by atoms with Gasteiger partial charge in [0.15, 0.2) is 5.96 Å². The summed E-state index contributed by atoms with van der Waals surface area (Å²) in [5.41, 5.74) is 2.19. The van der Waals surface area contributed by atoms with Gasteiger partial charge in [0.25, 0.3) is 0 Å². The van der Waals surface area contributed by atoms with Gasteiger partial charge in [0, 0.05) is 56.1 Å². The Morgan fingerprint density at radius 3 is 2.78 bits per heavy atom. The first kappa shape index (κ1) is 26.5. The number of fused-ring (bicyclic) bond motifs is 1. The van der Waals surface area contributed by atoms with Crippen LogP contribution in [-0.4, -0.2) is 70.7 Å². The first-order valence-corrected chi connectivity index (χ1v) is 11.2. The molecule has 2 heterocycles. The van der Waals surface area contributed by atoms with Crippen molar-refractivity contribution in [1.29, 1.82) is 0 Å². The zero-order chi connectivity index (χ0) is 21.9. The van der Waals surface area contributed by atoms with Gasteiger partial charge < -0.3 is 34.6 Å². The van der Waals surface area contributed by atoms with E-state index in [1.807, 2.05) is 12.1 Å². The standard InChI is InChI=1S/C23H36N4O4.HI/c1-4-24-23(26-10-6-11-31-18-8-12-30-16-18)25-9-5-7-17-13-20-21(27-17)14-19(28-2)15-22(20)29-3;/h13-15,18,27H,4-12,16H2,1-3H3,(H2,24,25,26);1H. The van der Waals surface area contributed by atoms with Crippen LogP contribution in [0.1, 0.15) is 31.9 Å². The Morgan fingerprint density at radius 1 is 1.19 bits per heavy atom. The van der Waals surface area contributed by atoms with Crippen molar-refractivity contribution in [3.05, 3.63) is 23.9 Å². The number of aromatic nitrogens is 1. The highest BCUT2D eigenvalue weighted by molar-refractivity contribution is 14.0. The number of guanidine groups is 1. The number of aryl methyl sites for hydroxylation is 1. The molecule has 0 radical (unpaired) electrons. The first-order chi connectivity index (χ1) is 15.2. The molecule has 8 nitrogen and oxygen atoms in total. The summed E-state index contributed by atoms with van der Waals surface area (Å²) in [6.45, 7) is 6.80. The number of methoxy groups -OCH3 is 2. The van der Waals surface area contributed by atoms with Crippen LogP contribution in [0.4, 0.5) is 0 Å². The summed E-state index contributed by atoms with van der Waals surface area (Å²) in [7, 11) is 3.34. The Kier molecular flexibility index (Phi) is 12.0. The molecular weight excluding hydrogens is 523 g/mol. The number of aliphatic imine (C=N–C) groups is 1. The largest absolute Gasteiger partial charge is 0.497 e. The fraction of sp³-hybridized carbons (Fsp3) is 0.609. The van der Waals surface area contributed by atoms with Crippen molar-refractivity contribution in [2.24, 2.45) is 4.99 Å². The molecule has 0 bridgehead atoms. The molecular formula is C23H37IN4O4. The molecule has 0 saturated carbocycles. The minimum atomic E-state index is 0. The summed E-state index contributed by atoms with van der Waals surface area (Å²) >= 11 is 0. The molecule has 32 heavy (non-hydrogen) atoms. The van der Waals surface area contributed by atoms with E-state index in [9.17, 15) is 0 Å². The summed E-state index contributed by atoms with van der Waals surface area (Å²) in [6, 6.07) is 6.05.